The third-order valence-electron chi connectivity index (χ3n) is 4.02. The normalized spacial score (nSPS) is 23.8. The van der Waals surface area contributed by atoms with Crippen LogP contribution in [0.15, 0.2) is 24.3 Å². The van der Waals surface area contributed by atoms with Gasteiger partial charge in [0.2, 0.25) is 0 Å². The third kappa shape index (κ3) is 3.95. The van der Waals surface area contributed by atoms with Crippen LogP contribution < -0.4 is 10.5 Å². The van der Waals surface area contributed by atoms with Crippen LogP contribution in [0, 0.1) is 0 Å². The van der Waals surface area contributed by atoms with Gasteiger partial charge in [-0.2, -0.15) is 0 Å². The van der Waals surface area contributed by atoms with Gasteiger partial charge in [0, 0.05) is 32.8 Å². The summed E-state index contributed by atoms with van der Waals surface area (Å²) in [6.07, 6.45) is 2.48. The molecule has 0 radical (unpaired) electrons. The fourth-order valence-corrected chi connectivity index (χ4v) is 2.82. The van der Waals surface area contributed by atoms with Gasteiger partial charge in [0.1, 0.15) is 5.75 Å². The Labute approximate surface area is 121 Å². The molecule has 1 aliphatic heterocycles. The van der Waals surface area contributed by atoms with E-state index in [0.29, 0.717) is 25.3 Å². The fraction of sp³-hybridized carbons (Fsp3) is 0.625. The number of nitrogens with zero attached hydrogens (tertiary/aromatic N) is 1. The lowest BCUT2D eigenvalue weighted by atomic mass is 9.98. The molecule has 2 atom stereocenters. The van der Waals surface area contributed by atoms with Crippen LogP contribution in [-0.2, 0) is 11.3 Å². The molecular formula is C16H26N2O2. The SMILES string of the molecule is CCOc1ccc(CN2CCC(OC)CC2CN)cc1. The van der Waals surface area contributed by atoms with Crippen molar-refractivity contribution in [1.82, 2.24) is 4.90 Å². The zero-order valence-electron chi connectivity index (χ0n) is 12.5. The quantitative estimate of drug-likeness (QED) is 0.865. The lowest BCUT2D eigenvalue weighted by Crippen LogP contribution is -2.47. The molecule has 1 fully saturated rings. The van der Waals surface area contributed by atoms with Crippen molar-refractivity contribution >= 4 is 0 Å². The lowest BCUT2D eigenvalue weighted by molar-refractivity contribution is 0.0102. The summed E-state index contributed by atoms with van der Waals surface area (Å²) < 4.78 is 10.9. The van der Waals surface area contributed by atoms with Gasteiger partial charge in [0.25, 0.3) is 0 Å². The van der Waals surface area contributed by atoms with Crippen molar-refractivity contribution in [2.24, 2.45) is 5.73 Å². The van der Waals surface area contributed by atoms with Crippen LogP contribution in [0.3, 0.4) is 0 Å². The smallest absolute Gasteiger partial charge is 0.119 e. The number of likely N-dealkylation sites (tertiary alicyclic amines) is 1. The van der Waals surface area contributed by atoms with E-state index < -0.39 is 0 Å². The molecule has 2 N–H and O–H groups in total. The van der Waals surface area contributed by atoms with Crippen LogP contribution in [0.5, 0.6) is 5.75 Å². The van der Waals surface area contributed by atoms with Crippen molar-refractivity contribution in [3.05, 3.63) is 29.8 Å². The van der Waals surface area contributed by atoms with E-state index in [4.69, 9.17) is 15.2 Å². The van der Waals surface area contributed by atoms with Crippen molar-refractivity contribution in [3.63, 3.8) is 0 Å². The molecule has 0 spiro atoms. The van der Waals surface area contributed by atoms with Crippen LogP contribution >= 0.6 is 0 Å². The van der Waals surface area contributed by atoms with Crippen LogP contribution in [0.25, 0.3) is 0 Å². The lowest BCUT2D eigenvalue weighted by Gasteiger charge is -2.38. The summed E-state index contributed by atoms with van der Waals surface area (Å²) in [5.74, 6) is 0.935. The maximum Gasteiger partial charge on any atom is 0.119 e. The molecule has 1 heterocycles. The van der Waals surface area contributed by atoms with Crippen molar-refractivity contribution in [3.8, 4) is 5.75 Å². The van der Waals surface area contributed by atoms with E-state index in [1.54, 1.807) is 7.11 Å². The van der Waals surface area contributed by atoms with E-state index in [2.05, 4.69) is 17.0 Å². The highest BCUT2D eigenvalue weighted by molar-refractivity contribution is 5.27. The summed E-state index contributed by atoms with van der Waals surface area (Å²) in [4.78, 5) is 2.46. The minimum absolute atomic E-state index is 0.361. The van der Waals surface area contributed by atoms with Gasteiger partial charge in [-0.05, 0) is 37.5 Å². The van der Waals surface area contributed by atoms with Crippen molar-refractivity contribution in [2.75, 3.05) is 26.8 Å². The Morgan fingerprint density at radius 1 is 1.30 bits per heavy atom. The first kappa shape index (κ1) is 15.3. The average Bonchev–Trinajstić information content (AvgIpc) is 2.50. The zero-order valence-corrected chi connectivity index (χ0v) is 12.5. The molecule has 2 unspecified atom stereocenters. The number of methoxy groups -OCH3 is 1. The Morgan fingerprint density at radius 3 is 2.65 bits per heavy atom. The average molecular weight is 278 g/mol. The van der Waals surface area contributed by atoms with Gasteiger partial charge in [-0.25, -0.2) is 0 Å². The monoisotopic (exact) mass is 278 g/mol. The predicted molar refractivity (Wildman–Crippen MR) is 80.9 cm³/mol. The largest absolute Gasteiger partial charge is 0.494 e. The molecule has 112 valence electrons. The Balaban J connectivity index is 1.94. The minimum atomic E-state index is 0.361. The molecule has 1 aliphatic rings. The van der Waals surface area contributed by atoms with Gasteiger partial charge in [-0.1, -0.05) is 12.1 Å². The second kappa shape index (κ2) is 7.62. The van der Waals surface area contributed by atoms with Crippen LogP contribution in [0.4, 0.5) is 0 Å². The summed E-state index contributed by atoms with van der Waals surface area (Å²) in [5.41, 5.74) is 7.22. The first-order valence-electron chi connectivity index (χ1n) is 7.45. The van der Waals surface area contributed by atoms with Gasteiger partial charge < -0.3 is 15.2 Å². The van der Waals surface area contributed by atoms with Crippen LogP contribution in [0.1, 0.15) is 25.3 Å². The van der Waals surface area contributed by atoms with E-state index in [9.17, 15) is 0 Å². The van der Waals surface area contributed by atoms with Crippen LogP contribution in [-0.4, -0.2) is 43.9 Å². The van der Waals surface area contributed by atoms with Gasteiger partial charge in [-0.3, -0.25) is 4.90 Å². The molecule has 20 heavy (non-hydrogen) atoms. The second-order valence-electron chi connectivity index (χ2n) is 5.32. The van der Waals surface area contributed by atoms with E-state index in [0.717, 1.165) is 31.7 Å². The van der Waals surface area contributed by atoms with Gasteiger partial charge in [-0.15, -0.1) is 0 Å². The Bertz CT molecular complexity index is 394. The summed E-state index contributed by atoms with van der Waals surface area (Å²) in [7, 11) is 1.79. The number of piperidine rings is 1. The van der Waals surface area contributed by atoms with Gasteiger partial charge in [0.15, 0.2) is 0 Å². The molecule has 2 rings (SSSR count). The number of hydrogen-bond donors (Lipinski definition) is 1. The highest BCUT2D eigenvalue weighted by atomic mass is 16.5. The Kier molecular flexibility index (Phi) is 5.83. The minimum Gasteiger partial charge on any atom is -0.494 e. The summed E-state index contributed by atoms with van der Waals surface area (Å²) in [5, 5.41) is 0. The standard InChI is InChI=1S/C16H26N2O2/c1-3-20-15-6-4-13(5-7-15)12-18-9-8-16(19-2)10-14(18)11-17/h4-7,14,16H,3,8-12,17H2,1-2H3. The molecule has 0 saturated carbocycles. The molecular weight excluding hydrogens is 252 g/mol. The van der Waals surface area contributed by atoms with E-state index in [1.807, 2.05) is 19.1 Å². The topological polar surface area (TPSA) is 47.7 Å². The number of nitrogens with two attached hydrogens (primary N) is 1. The number of benzene rings is 1. The molecule has 0 amide bonds. The zero-order chi connectivity index (χ0) is 14.4. The highest BCUT2D eigenvalue weighted by Crippen LogP contribution is 2.22. The van der Waals surface area contributed by atoms with Gasteiger partial charge >= 0.3 is 0 Å². The molecule has 1 saturated heterocycles. The fourth-order valence-electron chi connectivity index (χ4n) is 2.82. The Morgan fingerprint density at radius 2 is 2.05 bits per heavy atom. The molecule has 4 nitrogen and oxygen atoms in total. The van der Waals surface area contributed by atoms with E-state index >= 15 is 0 Å². The van der Waals surface area contributed by atoms with Gasteiger partial charge in [0.05, 0.1) is 12.7 Å². The maximum atomic E-state index is 5.91. The Hall–Kier alpha value is -1.10. The summed E-state index contributed by atoms with van der Waals surface area (Å²) >= 11 is 0. The molecule has 0 aromatic heterocycles. The summed E-state index contributed by atoms with van der Waals surface area (Å²) in [6, 6.07) is 8.78. The number of hydrogen-bond acceptors (Lipinski definition) is 4. The van der Waals surface area contributed by atoms with E-state index in [-0.39, 0.29) is 0 Å². The second-order valence-corrected chi connectivity index (χ2v) is 5.32. The predicted octanol–water partition coefficient (Wildman–Crippen LogP) is 2.02. The molecule has 4 heteroatoms. The molecule has 1 aromatic rings. The van der Waals surface area contributed by atoms with Crippen LogP contribution in [0.2, 0.25) is 0 Å². The maximum absolute atomic E-state index is 5.91. The van der Waals surface area contributed by atoms with Crippen molar-refractivity contribution in [2.45, 2.75) is 38.5 Å². The number of rotatable bonds is 6. The first-order chi connectivity index (χ1) is 9.76. The molecule has 1 aromatic carbocycles. The molecule has 0 bridgehead atoms. The summed E-state index contributed by atoms with van der Waals surface area (Å²) in [6.45, 7) is 5.40. The molecule has 0 aliphatic carbocycles. The highest BCUT2D eigenvalue weighted by Gasteiger charge is 2.27. The number of ether oxygens (including phenoxy) is 2. The van der Waals surface area contributed by atoms with E-state index in [1.165, 1.54) is 5.56 Å². The van der Waals surface area contributed by atoms with Crippen molar-refractivity contribution in [1.29, 1.82) is 0 Å². The van der Waals surface area contributed by atoms with Crippen molar-refractivity contribution < 1.29 is 9.47 Å². The first-order valence-corrected chi connectivity index (χ1v) is 7.45. The third-order valence-corrected chi connectivity index (χ3v) is 4.02.